The van der Waals surface area contributed by atoms with Gasteiger partial charge < -0.3 is 11.1 Å². The molecule has 0 aromatic heterocycles. The van der Waals surface area contributed by atoms with E-state index < -0.39 is 0 Å². The van der Waals surface area contributed by atoms with Crippen LogP contribution >= 0.6 is 0 Å². The van der Waals surface area contributed by atoms with Crippen LogP contribution in [0.2, 0.25) is 0 Å². The first-order valence-corrected chi connectivity index (χ1v) is 7.84. The number of amides is 1. The van der Waals surface area contributed by atoms with Gasteiger partial charge in [0.25, 0.3) is 0 Å². The van der Waals surface area contributed by atoms with E-state index in [1.807, 2.05) is 6.07 Å². The molecule has 21 heavy (non-hydrogen) atoms. The van der Waals surface area contributed by atoms with Crippen LogP contribution in [0, 0.1) is 11.8 Å². The highest BCUT2D eigenvalue weighted by atomic mass is 16.1. The van der Waals surface area contributed by atoms with Crippen LogP contribution in [-0.4, -0.2) is 30.4 Å². The van der Waals surface area contributed by atoms with Gasteiger partial charge in [-0.3, -0.25) is 9.69 Å². The predicted octanol–water partition coefficient (Wildman–Crippen LogP) is 1.74. The summed E-state index contributed by atoms with van der Waals surface area (Å²) in [6.07, 6.45) is 1.32. The van der Waals surface area contributed by atoms with E-state index in [2.05, 4.69) is 42.3 Å². The Morgan fingerprint density at radius 3 is 2.48 bits per heavy atom. The average Bonchev–Trinajstić information content (AvgIpc) is 2.45. The third kappa shape index (κ3) is 4.83. The topological polar surface area (TPSA) is 58.4 Å². The molecule has 1 aromatic rings. The Balaban J connectivity index is 2.00. The van der Waals surface area contributed by atoms with Crippen LogP contribution in [0.4, 0.5) is 0 Å². The Kier molecular flexibility index (Phi) is 5.76. The quantitative estimate of drug-likeness (QED) is 0.868. The SMILES string of the molecule is C[C@H]1C[C@H](C)CN(Cc2ccccc2CNC(=O)CN)C1. The Morgan fingerprint density at radius 1 is 1.24 bits per heavy atom. The minimum Gasteiger partial charge on any atom is -0.351 e. The molecule has 2 atom stereocenters. The molecule has 1 aliphatic heterocycles. The molecular formula is C17H27N3O. The molecule has 0 unspecified atom stereocenters. The van der Waals surface area contributed by atoms with Crippen molar-refractivity contribution in [2.75, 3.05) is 19.6 Å². The highest BCUT2D eigenvalue weighted by molar-refractivity contribution is 5.77. The lowest BCUT2D eigenvalue weighted by Gasteiger charge is -2.35. The Hall–Kier alpha value is -1.39. The van der Waals surface area contributed by atoms with Crippen LogP contribution in [-0.2, 0) is 17.9 Å². The fraction of sp³-hybridized carbons (Fsp3) is 0.588. The van der Waals surface area contributed by atoms with Crippen molar-refractivity contribution in [3.63, 3.8) is 0 Å². The second-order valence-electron chi connectivity index (χ2n) is 6.39. The van der Waals surface area contributed by atoms with Crippen LogP contribution < -0.4 is 11.1 Å². The lowest BCUT2D eigenvalue weighted by atomic mass is 9.91. The number of carbonyl (C=O) groups is 1. The van der Waals surface area contributed by atoms with E-state index in [0.29, 0.717) is 6.54 Å². The van der Waals surface area contributed by atoms with E-state index in [4.69, 9.17) is 5.73 Å². The van der Waals surface area contributed by atoms with Crippen molar-refractivity contribution in [2.24, 2.45) is 17.6 Å². The van der Waals surface area contributed by atoms with Crippen molar-refractivity contribution in [1.82, 2.24) is 10.2 Å². The predicted molar refractivity (Wildman–Crippen MR) is 85.6 cm³/mol. The van der Waals surface area contributed by atoms with Crippen LogP contribution in [0.15, 0.2) is 24.3 Å². The molecule has 1 heterocycles. The summed E-state index contributed by atoms with van der Waals surface area (Å²) < 4.78 is 0. The van der Waals surface area contributed by atoms with Crippen molar-refractivity contribution in [3.8, 4) is 0 Å². The fourth-order valence-corrected chi connectivity index (χ4v) is 3.31. The van der Waals surface area contributed by atoms with E-state index in [-0.39, 0.29) is 12.5 Å². The second kappa shape index (κ2) is 7.57. The third-order valence-electron chi connectivity index (χ3n) is 4.12. The van der Waals surface area contributed by atoms with E-state index in [0.717, 1.165) is 31.5 Å². The lowest BCUT2D eigenvalue weighted by molar-refractivity contribution is -0.119. The maximum absolute atomic E-state index is 11.3. The number of rotatable bonds is 5. The van der Waals surface area contributed by atoms with Gasteiger partial charge in [0.1, 0.15) is 0 Å². The first-order valence-electron chi connectivity index (χ1n) is 7.84. The second-order valence-corrected chi connectivity index (χ2v) is 6.39. The number of hydrogen-bond donors (Lipinski definition) is 2. The van der Waals surface area contributed by atoms with Crippen molar-refractivity contribution < 1.29 is 4.79 Å². The van der Waals surface area contributed by atoms with Gasteiger partial charge in [-0.05, 0) is 29.4 Å². The first kappa shape index (κ1) is 16.0. The summed E-state index contributed by atoms with van der Waals surface area (Å²) in [5.74, 6) is 1.42. The largest absolute Gasteiger partial charge is 0.351 e. The highest BCUT2D eigenvalue weighted by Crippen LogP contribution is 2.23. The zero-order valence-electron chi connectivity index (χ0n) is 13.1. The molecule has 0 aliphatic carbocycles. The molecule has 1 saturated heterocycles. The normalized spacial score (nSPS) is 23.0. The van der Waals surface area contributed by atoms with Gasteiger partial charge in [0.15, 0.2) is 0 Å². The van der Waals surface area contributed by atoms with Crippen molar-refractivity contribution in [3.05, 3.63) is 35.4 Å². The maximum Gasteiger partial charge on any atom is 0.234 e. The van der Waals surface area contributed by atoms with Gasteiger partial charge in [0.2, 0.25) is 5.91 Å². The number of benzene rings is 1. The molecule has 1 fully saturated rings. The number of nitrogens with two attached hydrogens (primary N) is 1. The lowest BCUT2D eigenvalue weighted by Crippen LogP contribution is -2.38. The molecule has 4 heteroatoms. The molecule has 0 saturated carbocycles. The molecule has 3 N–H and O–H groups in total. The third-order valence-corrected chi connectivity index (χ3v) is 4.12. The van der Waals surface area contributed by atoms with Crippen LogP contribution in [0.5, 0.6) is 0 Å². The highest BCUT2D eigenvalue weighted by Gasteiger charge is 2.22. The molecule has 1 aromatic carbocycles. The van der Waals surface area contributed by atoms with E-state index in [9.17, 15) is 4.79 Å². The van der Waals surface area contributed by atoms with E-state index >= 15 is 0 Å². The summed E-state index contributed by atoms with van der Waals surface area (Å²) in [5.41, 5.74) is 7.82. The zero-order valence-corrected chi connectivity index (χ0v) is 13.1. The summed E-state index contributed by atoms with van der Waals surface area (Å²) >= 11 is 0. The summed E-state index contributed by atoms with van der Waals surface area (Å²) in [6.45, 7) is 8.55. The Bertz CT molecular complexity index is 465. The smallest absolute Gasteiger partial charge is 0.234 e. The van der Waals surface area contributed by atoms with Crippen LogP contribution in [0.3, 0.4) is 0 Å². The van der Waals surface area contributed by atoms with Gasteiger partial charge in [-0.25, -0.2) is 0 Å². The van der Waals surface area contributed by atoms with Gasteiger partial charge in [0.05, 0.1) is 6.54 Å². The molecule has 0 spiro atoms. The monoisotopic (exact) mass is 289 g/mol. The van der Waals surface area contributed by atoms with Crippen molar-refractivity contribution in [1.29, 1.82) is 0 Å². The number of nitrogens with one attached hydrogen (secondary N) is 1. The molecule has 1 amide bonds. The molecule has 2 rings (SSSR count). The first-order chi connectivity index (χ1) is 10.1. The van der Waals surface area contributed by atoms with Gasteiger partial charge >= 0.3 is 0 Å². The summed E-state index contributed by atoms with van der Waals surface area (Å²) in [5, 5.41) is 2.86. The summed E-state index contributed by atoms with van der Waals surface area (Å²) in [4.78, 5) is 13.9. The summed E-state index contributed by atoms with van der Waals surface area (Å²) in [6, 6.07) is 8.34. The summed E-state index contributed by atoms with van der Waals surface area (Å²) in [7, 11) is 0. The van der Waals surface area contributed by atoms with Gasteiger partial charge in [-0.2, -0.15) is 0 Å². The van der Waals surface area contributed by atoms with Gasteiger partial charge in [0, 0.05) is 26.2 Å². The molecule has 116 valence electrons. The van der Waals surface area contributed by atoms with Crippen LogP contribution in [0.25, 0.3) is 0 Å². The minimum absolute atomic E-state index is 0.0450. The molecule has 1 aliphatic rings. The van der Waals surface area contributed by atoms with Crippen molar-refractivity contribution >= 4 is 5.91 Å². The number of nitrogens with zero attached hydrogens (tertiary/aromatic N) is 1. The number of likely N-dealkylation sites (tertiary alicyclic amines) is 1. The van der Waals surface area contributed by atoms with E-state index in [1.165, 1.54) is 17.5 Å². The Morgan fingerprint density at radius 2 is 1.86 bits per heavy atom. The maximum atomic E-state index is 11.3. The van der Waals surface area contributed by atoms with Gasteiger partial charge in [-0.1, -0.05) is 38.1 Å². The van der Waals surface area contributed by atoms with Gasteiger partial charge in [-0.15, -0.1) is 0 Å². The van der Waals surface area contributed by atoms with Crippen LogP contribution in [0.1, 0.15) is 31.4 Å². The zero-order chi connectivity index (χ0) is 15.2. The van der Waals surface area contributed by atoms with Crippen molar-refractivity contribution in [2.45, 2.75) is 33.4 Å². The standard InChI is InChI=1S/C17H27N3O/c1-13-7-14(2)11-20(10-13)12-16-6-4-3-5-15(16)9-19-17(21)8-18/h3-6,13-14H,7-12,18H2,1-2H3,(H,19,21)/t13-,14-/m0/s1. The fourth-order valence-electron chi connectivity index (χ4n) is 3.31. The average molecular weight is 289 g/mol. The molecular weight excluding hydrogens is 262 g/mol. The number of hydrogen-bond acceptors (Lipinski definition) is 3. The molecule has 0 bridgehead atoms. The number of piperidine rings is 1. The Labute approximate surface area is 127 Å². The molecule has 4 nitrogen and oxygen atoms in total. The number of carbonyl (C=O) groups excluding carboxylic acids is 1. The minimum atomic E-state index is -0.106. The molecule has 0 radical (unpaired) electrons. The van der Waals surface area contributed by atoms with E-state index in [1.54, 1.807) is 0 Å².